The smallest absolute Gasteiger partial charge is 0.0512 e. The van der Waals surface area contributed by atoms with Crippen LogP contribution in [0.4, 0.5) is 0 Å². The van der Waals surface area contributed by atoms with E-state index in [1.54, 1.807) is 0 Å². The Kier molecular flexibility index (Phi) is 30.2. The maximum atomic E-state index is 10.7. The molecule has 318 valence electrons. The van der Waals surface area contributed by atoms with Crippen molar-refractivity contribution in [3.8, 4) is 0 Å². The summed E-state index contributed by atoms with van der Waals surface area (Å²) in [5.74, 6) is 0. The van der Waals surface area contributed by atoms with Gasteiger partial charge in [-0.1, -0.05) is 193 Å². The van der Waals surface area contributed by atoms with Gasteiger partial charge in [-0.3, -0.25) is 0 Å². The normalized spacial score (nSPS) is 12.6. The summed E-state index contributed by atoms with van der Waals surface area (Å²) in [6.45, 7) is 6.16. The van der Waals surface area contributed by atoms with Gasteiger partial charge in [0.1, 0.15) is 0 Å². The molecular weight excluding hydrogens is 673 g/mol. The maximum absolute atomic E-state index is 10.7. The van der Waals surface area contributed by atoms with E-state index in [0.29, 0.717) is 19.3 Å². The summed E-state index contributed by atoms with van der Waals surface area (Å²) < 4.78 is 0. The molecule has 1 rings (SSSR count). The SMILES string of the molecule is CCCCCCCCCCC(CO)(CO)Cc1cc(CC(CO)(CO)CCCCCCCCCC)cc(CC(CO)(CO)CCCCCCCCCC)c1. The minimum atomic E-state index is -0.636. The Morgan fingerprint density at radius 2 is 0.481 bits per heavy atom. The lowest BCUT2D eigenvalue weighted by Gasteiger charge is -2.33. The van der Waals surface area contributed by atoms with Crippen molar-refractivity contribution in [3.05, 3.63) is 34.9 Å². The quantitative estimate of drug-likeness (QED) is 0.0372. The third-order valence-corrected chi connectivity index (χ3v) is 12.5. The Morgan fingerprint density at radius 1 is 0.296 bits per heavy atom. The van der Waals surface area contributed by atoms with E-state index < -0.39 is 16.2 Å². The first-order chi connectivity index (χ1) is 26.3. The maximum Gasteiger partial charge on any atom is 0.0512 e. The van der Waals surface area contributed by atoms with Gasteiger partial charge in [0.15, 0.2) is 0 Å². The molecule has 54 heavy (non-hydrogen) atoms. The number of aliphatic hydroxyl groups is 6. The summed E-state index contributed by atoms with van der Waals surface area (Å²) in [7, 11) is 0. The van der Waals surface area contributed by atoms with E-state index in [2.05, 4.69) is 39.0 Å². The Hall–Kier alpha value is -1.02. The Morgan fingerprint density at radius 3 is 0.667 bits per heavy atom. The van der Waals surface area contributed by atoms with Crippen LogP contribution >= 0.6 is 0 Å². The Balaban J connectivity index is 3.23. The molecule has 0 spiro atoms. The van der Waals surface area contributed by atoms with Gasteiger partial charge in [0.25, 0.3) is 0 Å². The molecule has 1 aromatic carbocycles. The van der Waals surface area contributed by atoms with E-state index in [9.17, 15) is 30.6 Å². The minimum Gasteiger partial charge on any atom is -0.396 e. The highest BCUT2D eigenvalue weighted by atomic mass is 16.3. The molecule has 0 bridgehead atoms. The van der Waals surface area contributed by atoms with Crippen LogP contribution < -0.4 is 0 Å². The molecule has 0 aliphatic rings. The van der Waals surface area contributed by atoms with Gasteiger partial charge in [-0.25, -0.2) is 0 Å². The van der Waals surface area contributed by atoms with E-state index in [0.717, 1.165) is 74.5 Å². The predicted octanol–water partition coefficient (Wildman–Crippen LogP) is 10.8. The van der Waals surface area contributed by atoms with Gasteiger partial charge < -0.3 is 30.6 Å². The summed E-state index contributed by atoms with van der Waals surface area (Å²) in [6, 6.07) is 6.47. The van der Waals surface area contributed by atoms with Crippen LogP contribution in [0, 0.1) is 16.2 Å². The first-order valence-electron chi connectivity index (χ1n) is 23.1. The molecule has 0 aliphatic carbocycles. The number of hydrogen-bond donors (Lipinski definition) is 6. The molecule has 6 N–H and O–H groups in total. The van der Waals surface area contributed by atoms with Gasteiger partial charge >= 0.3 is 0 Å². The van der Waals surface area contributed by atoms with Crippen molar-refractivity contribution in [1.82, 2.24) is 0 Å². The molecule has 0 aromatic heterocycles. The standard InChI is InChI=1S/C48H90O6/c1-4-7-10-13-16-19-22-25-28-46(37-49,38-50)34-43-31-44(35-47(39-51,40-52)29-26-23-20-17-14-11-8-5-2)33-45(32-43)36-48(41-53,42-54)30-27-24-21-18-15-12-9-6-3/h31-33,49-54H,4-30,34-42H2,1-3H3. The van der Waals surface area contributed by atoms with Crippen LogP contribution in [0.15, 0.2) is 18.2 Å². The van der Waals surface area contributed by atoms with Crippen molar-refractivity contribution in [2.75, 3.05) is 39.6 Å². The summed E-state index contributed by atoms with van der Waals surface area (Å²) in [5, 5.41) is 64.3. The fourth-order valence-corrected chi connectivity index (χ4v) is 8.57. The average molecular weight is 763 g/mol. The average Bonchev–Trinajstić information content (AvgIpc) is 3.19. The topological polar surface area (TPSA) is 121 Å². The van der Waals surface area contributed by atoms with Crippen molar-refractivity contribution in [2.24, 2.45) is 16.2 Å². The van der Waals surface area contributed by atoms with Crippen molar-refractivity contribution in [3.63, 3.8) is 0 Å². The van der Waals surface area contributed by atoms with Crippen LogP contribution in [0.25, 0.3) is 0 Å². The van der Waals surface area contributed by atoms with Crippen molar-refractivity contribution >= 4 is 0 Å². The van der Waals surface area contributed by atoms with Crippen LogP contribution in [0.3, 0.4) is 0 Å². The molecular formula is C48H90O6. The highest BCUT2D eigenvalue weighted by molar-refractivity contribution is 5.33. The summed E-state index contributed by atoms with van der Waals surface area (Å²) in [5.41, 5.74) is 1.17. The van der Waals surface area contributed by atoms with Crippen LogP contribution in [0.1, 0.15) is 211 Å². The molecule has 0 heterocycles. The number of hydrogen-bond acceptors (Lipinski definition) is 6. The van der Waals surface area contributed by atoms with E-state index in [-0.39, 0.29) is 39.6 Å². The van der Waals surface area contributed by atoms with Gasteiger partial charge in [-0.15, -0.1) is 0 Å². The number of aliphatic hydroxyl groups excluding tert-OH is 6. The molecule has 0 unspecified atom stereocenters. The Bertz CT molecular complexity index is 847. The second-order valence-corrected chi connectivity index (χ2v) is 17.8. The number of benzene rings is 1. The summed E-state index contributed by atoms with van der Waals surface area (Å²) >= 11 is 0. The fourth-order valence-electron chi connectivity index (χ4n) is 8.57. The zero-order chi connectivity index (χ0) is 39.8. The van der Waals surface area contributed by atoms with E-state index >= 15 is 0 Å². The molecule has 6 heteroatoms. The Labute approximate surface area is 334 Å². The van der Waals surface area contributed by atoms with E-state index in [1.165, 1.54) is 116 Å². The fraction of sp³-hybridized carbons (Fsp3) is 0.875. The van der Waals surface area contributed by atoms with Gasteiger partial charge in [0.05, 0.1) is 39.6 Å². The van der Waals surface area contributed by atoms with Crippen LogP contribution in [-0.2, 0) is 19.3 Å². The molecule has 1 aromatic rings. The highest BCUT2D eigenvalue weighted by Gasteiger charge is 2.33. The first kappa shape index (κ1) is 51.0. The van der Waals surface area contributed by atoms with Gasteiger partial charge in [0.2, 0.25) is 0 Å². The predicted molar refractivity (Wildman–Crippen MR) is 229 cm³/mol. The lowest BCUT2D eigenvalue weighted by Crippen LogP contribution is -2.34. The third-order valence-electron chi connectivity index (χ3n) is 12.5. The molecule has 6 nitrogen and oxygen atoms in total. The highest BCUT2D eigenvalue weighted by Crippen LogP contribution is 2.36. The molecule has 0 saturated heterocycles. The molecule has 0 radical (unpaired) electrons. The summed E-state index contributed by atoms with van der Waals surface area (Å²) in [4.78, 5) is 0. The molecule has 0 fully saturated rings. The zero-order valence-electron chi connectivity index (χ0n) is 35.9. The molecule has 0 aliphatic heterocycles. The largest absolute Gasteiger partial charge is 0.396 e. The summed E-state index contributed by atoms with van der Waals surface area (Å²) in [6.07, 6.45) is 32.7. The second-order valence-electron chi connectivity index (χ2n) is 17.8. The van der Waals surface area contributed by atoms with Crippen molar-refractivity contribution < 1.29 is 30.6 Å². The van der Waals surface area contributed by atoms with Gasteiger partial charge in [-0.2, -0.15) is 0 Å². The molecule has 0 saturated carbocycles. The van der Waals surface area contributed by atoms with E-state index in [1.807, 2.05) is 0 Å². The third kappa shape index (κ3) is 21.5. The van der Waals surface area contributed by atoms with Gasteiger partial charge in [0, 0.05) is 16.2 Å². The van der Waals surface area contributed by atoms with Crippen molar-refractivity contribution in [2.45, 2.75) is 213 Å². The van der Waals surface area contributed by atoms with Crippen molar-refractivity contribution in [1.29, 1.82) is 0 Å². The monoisotopic (exact) mass is 763 g/mol. The number of unbranched alkanes of at least 4 members (excludes halogenated alkanes) is 21. The lowest BCUT2D eigenvalue weighted by atomic mass is 9.74. The molecule has 0 atom stereocenters. The minimum absolute atomic E-state index is 0.0924. The second kappa shape index (κ2) is 32.0. The first-order valence-corrected chi connectivity index (χ1v) is 23.1. The lowest BCUT2D eigenvalue weighted by molar-refractivity contribution is 0.0426. The molecule has 0 amide bonds. The van der Waals surface area contributed by atoms with Crippen LogP contribution in [0.2, 0.25) is 0 Å². The van der Waals surface area contributed by atoms with Crippen LogP contribution in [0.5, 0.6) is 0 Å². The van der Waals surface area contributed by atoms with Crippen LogP contribution in [-0.4, -0.2) is 70.3 Å². The van der Waals surface area contributed by atoms with Gasteiger partial charge in [-0.05, 0) is 55.2 Å². The zero-order valence-corrected chi connectivity index (χ0v) is 35.9. The number of rotatable bonds is 39. The van der Waals surface area contributed by atoms with E-state index in [4.69, 9.17) is 0 Å².